The van der Waals surface area contributed by atoms with Gasteiger partial charge in [-0.3, -0.25) is 0 Å². The fraction of sp³-hybridized carbons (Fsp3) is 0.244. The molecular weight excluding hydrogens is 620 g/mol. The van der Waals surface area contributed by atoms with Crippen LogP contribution in [0.5, 0.6) is 0 Å². The first-order chi connectivity index (χ1) is 22.5. The van der Waals surface area contributed by atoms with Crippen molar-refractivity contribution in [2.75, 3.05) is 0 Å². The van der Waals surface area contributed by atoms with Crippen molar-refractivity contribution >= 4 is 66.7 Å². The normalized spacial score (nSPS) is 11.2. The minimum atomic E-state index is -2.47. The van der Waals surface area contributed by atoms with Crippen LogP contribution in [0.15, 0.2) is 115 Å². The molecule has 0 aromatic heterocycles. The van der Waals surface area contributed by atoms with Gasteiger partial charge in [0, 0.05) is 8.07 Å². The molecule has 0 spiro atoms. The van der Waals surface area contributed by atoms with Gasteiger partial charge < -0.3 is 13.8 Å². The van der Waals surface area contributed by atoms with E-state index in [1.54, 1.807) is 10.4 Å². The monoisotopic (exact) mass is 669 g/mol. The minimum absolute atomic E-state index is 0. The van der Waals surface area contributed by atoms with Crippen molar-refractivity contribution in [3.8, 4) is 0 Å². The van der Waals surface area contributed by atoms with Crippen molar-refractivity contribution in [1.29, 1.82) is 0 Å². The molecule has 239 valence electrons. The average molecular weight is 670 g/mol. The molecule has 47 heavy (non-hydrogen) atoms. The summed E-state index contributed by atoms with van der Waals surface area (Å²) >= 11 is 0. The Bertz CT molecular complexity index is 1890. The van der Waals surface area contributed by atoms with Crippen LogP contribution < -0.4 is 15.6 Å². The molecule has 0 nitrogen and oxygen atoms in total. The first kappa shape index (κ1) is 36.5. The predicted octanol–water partition coefficient (Wildman–Crippen LogP) is 11.2. The zero-order valence-corrected chi connectivity index (χ0v) is 31.5. The van der Waals surface area contributed by atoms with E-state index in [1.807, 2.05) is 0 Å². The van der Waals surface area contributed by atoms with Crippen LogP contribution in [-0.2, 0) is 31.4 Å². The molecule has 0 fully saturated rings. The second-order valence-corrected chi connectivity index (χ2v) is 16.3. The Morgan fingerprint density at radius 3 is 1.30 bits per heavy atom. The summed E-state index contributed by atoms with van der Waals surface area (Å²) in [6, 6.07) is 43.6. The Morgan fingerprint density at radius 1 is 0.532 bits per heavy atom. The second kappa shape index (κ2) is 16.6. The number of rotatable bonds is 7. The molecule has 0 aliphatic heterocycles. The Hall–Kier alpha value is -3.36. The van der Waals surface area contributed by atoms with Gasteiger partial charge in [0.25, 0.3) is 0 Å². The van der Waals surface area contributed by atoms with Gasteiger partial charge >= 0.3 is 18.6 Å². The van der Waals surface area contributed by atoms with Crippen LogP contribution >= 0.6 is 0 Å². The summed E-state index contributed by atoms with van der Waals surface area (Å²) in [7, 11) is -2.47. The summed E-state index contributed by atoms with van der Waals surface area (Å²) in [5.41, 5.74) is 3.01. The topological polar surface area (TPSA) is 0 Å². The first-order valence-corrected chi connectivity index (χ1v) is 19.8. The smallest absolute Gasteiger partial charge is 0.343 e. The van der Waals surface area contributed by atoms with Gasteiger partial charge in [-0.05, 0) is 23.6 Å². The quantitative estimate of drug-likeness (QED) is 0.117. The molecule has 0 bridgehead atoms. The van der Waals surface area contributed by atoms with Gasteiger partial charge in [0.1, 0.15) is 0 Å². The molecule has 7 aromatic carbocycles. The third-order valence-corrected chi connectivity index (χ3v) is 14.2. The number of hydrogen-bond acceptors (Lipinski definition) is 0. The van der Waals surface area contributed by atoms with Crippen LogP contribution in [0.25, 0.3) is 43.1 Å². The average Bonchev–Trinajstić information content (AvgIpc) is 3.71. The van der Waals surface area contributed by atoms with Gasteiger partial charge in [0.05, 0.1) is 0 Å². The van der Waals surface area contributed by atoms with Gasteiger partial charge in [-0.2, -0.15) is 23.2 Å². The van der Waals surface area contributed by atoms with Crippen molar-refractivity contribution in [2.24, 2.45) is 0 Å². The number of fused-ring (bicyclic) bond motifs is 6. The van der Waals surface area contributed by atoms with E-state index in [4.69, 9.17) is 0 Å². The van der Waals surface area contributed by atoms with Crippen LogP contribution in [0, 0.1) is 13.8 Å². The fourth-order valence-corrected chi connectivity index (χ4v) is 12.1. The van der Waals surface area contributed by atoms with Gasteiger partial charge in [0.15, 0.2) is 0 Å². The standard InChI is InChI=1S/C37H32Si.2C4H9.V/c1-4-25-23-29-21-19-27-13-9-11-17-32(27)34(29)36(25)38(3,31-15-7-6-8-16-31)37-26(5-2)24-30-22-20-28-14-10-12-18-33(28)35(30)37;2*1-3-4-2;/h6-24H,4-5H2,1-3H3;2*1,3-4H2,2H3;/q-2;2*-1;+4. The van der Waals surface area contributed by atoms with E-state index in [0.29, 0.717) is 0 Å². The van der Waals surface area contributed by atoms with Crippen LogP contribution in [0.2, 0.25) is 6.55 Å². The summed E-state index contributed by atoms with van der Waals surface area (Å²) in [5.74, 6) is 0. The van der Waals surface area contributed by atoms with Crippen molar-refractivity contribution < 1.29 is 18.6 Å². The molecule has 0 unspecified atom stereocenters. The Morgan fingerprint density at radius 2 is 0.915 bits per heavy atom. The Labute approximate surface area is 296 Å². The molecule has 1 radical (unpaired) electrons. The van der Waals surface area contributed by atoms with Crippen molar-refractivity contribution in [3.63, 3.8) is 0 Å². The SMILES string of the molecule is CCc1[cH-]c2ccc3ccccc3c2c1[Si](C)(c1ccccc1)c1c(CC)[cH-]c2ccc3ccccc3c12.[CH2-]CCC.[CH2-]CCC.[V+4]. The number of aryl methyl sites for hydroxylation is 2. The summed E-state index contributed by atoms with van der Waals surface area (Å²) in [6.07, 6.45) is 6.63. The van der Waals surface area contributed by atoms with E-state index in [-0.39, 0.29) is 18.6 Å². The van der Waals surface area contributed by atoms with E-state index in [9.17, 15) is 0 Å². The largest absolute Gasteiger partial charge is 4.00 e. The molecule has 0 amide bonds. The van der Waals surface area contributed by atoms with Crippen molar-refractivity contribution in [1.82, 2.24) is 0 Å². The van der Waals surface area contributed by atoms with Gasteiger partial charge in [-0.1, -0.05) is 154 Å². The zero-order valence-electron chi connectivity index (χ0n) is 29.1. The maximum Gasteiger partial charge on any atom is 4.00 e. The molecule has 0 saturated carbocycles. The molecular formula is C45H50SiV. The van der Waals surface area contributed by atoms with Crippen molar-refractivity contribution in [2.45, 2.75) is 72.8 Å². The molecule has 0 N–H and O–H groups in total. The summed E-state index contributed by atoms with van der Waals surface area (Å²) in [4.78, 5) is 0. The van der Waals surface area contributed by atoms with E-state index < -0.39 is 8.07 Å². The van der Waals surface area contributed by atoms with E-state index in [2.05, 4.69) is 163 Å². The maximum absolute atomic E-state index is 3.60. The summed E-state index contributed by atoms with van der Waals surface area (Å²) in [5, 5.41) is 15.8. The molecule has 2 heteroatoms. The van der Waals surface area contributed by atoms with Gasteiger partial charge in [0.2, 0.25) is 0 Å². The Kier molecular flexibility index (Phi) is 12.9. The number of hydrogen-bond donors (Lipinski definition) is 0. The second-order valence-electron chi connectivity index (χ2n) is 12.5. The molecule has 0 aliphatic carbocycles. The van der Waals surface area contributed by atoms with Crippen molar-refractivity contribution in [3.05, 3.63) is 140 Å². The molecule has 0 atom stereocenters. The molecule has 0 heterocycles. The Balaban J connectivity index is 0.000000503. The van der Waals surface area contributed by atoms with Crippen LogP contribution in [0.1, 0.15) is 64.5 Å². The van der Waals surface area contributed by atoms with Gasteiger partial charge in [-0.15, -0.1) is 56.9 Å². The third-order valence-electron chi connectivity index (χ3n) is 9.54. The molecule has 0 aliphatic rings. The summed E-state index contributed by atoms with van der Waals surface area (Å²) < 4.78 is 0. The van der Waals surface area contributed by atoms with Crippen LogP contribution in [0.4, 0.5) is 0 Å². The summed E-state index contributed by atoms with van der Waals surface area (Å²) in [6.45, 7) is 18.7. The predicted molar refractivity (Wildman–Crippen MR) is 210 cm³/mol. The van der Waals surface area contributed by atoms with Gasteiger partial charge in [-0.25, -0.2) is 0 Å². The van der Waals surface area contributed by atoms with E-state index in [0.717, 1.165) is 25.7 Å². The first-order valence-electron chi connectivity index (χ1n) is 17.3. The zero-order chi connectivity index (χ0) is 32.7. The fourth-order valence-electron chi connectivity index (χ4n) is 7.10. The molecule has 7 rings (SSSR count). The van der Waals surface area contributed by atoms with Crippen LogP contribution in [-0.4, -0.2) is 8.07 Å². The third kappa shape index (κ3) is 6.95. The maximum atomic E-state index is 3.60. The van der Waals surface area contributed by atoms with E-state index >= 15 is 0 Å². The number of benzene rings is 5. The molecule has 0 saturated heterocycles. The molecule has 7 aromatic rings. The number of unbranched alkanes of at least 4 members (excludes halogenated alkanes) is 2. The minimum Gasteiger partial charge on any atom is -0.343 e. The van der Waals surface area contributed by atoms with E-state index in [1.165, 1.54) is 72.2 Å². The van der Waals surface area contributed by atoms with Crippen LogP contribution in [0.3, 0.4) is 0 Å².